The number of carbonyl (C=O) groups is 2. The van der Waals surface area contributed by atoms with Crippen LogP contribution < -0.4 is 10.1 Å². The van der Waals surface area contributed by atoms with E-state index < -0.39 is 11.7 Å². The van der Waals surface area contributed by atoms with Crippen molar-refractivity contribution in [3.05, 3.63) is 89.7 Å². The maximum atomic E-state index is 13.6. The first-order valence-electron chi connectivity index (χ1n) is 10.6. The highest BCUT2D eigenvalue weighted by Crippen LogP contribution is 2.26. The Morgan fingerprint density at radius 3 is 2.59 bits per heavy atom. The Kier molecular flexibility index (Phi) is 6.50. The summed E-state index contributed by atoms with van der Waals surface area (Å²) >= 11 is 0. The first kappa shape index (κ1) is 21.6. The third-order valence-corrected chi connectivity index (χ3v) is 5.66. The predicted octanol–water partition coefficient (Wildman–Crippen LogP) is 3.93. The molecule has 6 heteroatoms. The third-order valence-electron chi connectivity index (χ3n) is 5.66. The minimum atomic E-state index is -0.453. The third kappa shape index (κ3) is 4.97. The second-order valence-corrected chi connectivity index (χ2v) is 7.89. The molecule has 0 aromatic heterocycles. The van der Waals surface area contributed by atoms with E-state index in [-0.39, 0.29) is 23.9 Å². The van der Waals surface area contributed by atoms with Gasteiger partial charge in [-0.2, -0.15) is 0 Å². The summed E-state index contributed by atoms with van der Waals surface area (Å²) in [6.07, 6.45) is 0.497. The van der Waals surface area contributed by atoms with Gasteiger partial charge >= 0.3 is 0 Å². The number of benzene rings is 3. The lowest BCUT2D eigenvalue weighted by molar-refractivity contribution is -0.124. The molecular weight excluding hydrogens is 407 g/mol. The monoisotopic (exact) mass is 432 g/mol. The van der Waals surface area contributed by atoms with E-state index in [4.69, 9.17) is 4.74 Å². The van der Waals surface area contributed by atoms with Crippen LogP contribution in [0.5, 0.6) is 5.75 Å². The standard InChI is InChI=1S/C26H25FN2O3/c1-32-24-10-4-7-20(16-24)19-6-2-5-18(13-19)14-22-17-29(12-11-28-25(22)30)26(31)21-8-3-9-23(27)15-21/h2-10,13,15-16,22H,11-12,14,17H2,1H3,(H,28,30)/t22-/m0/s1. The summed E-state index contributed by atoms with van der Waals surface area (Å²) in [6.45, 7) is 1.05. The van der Waals surface area contributed by atoms with Gasteiger partial charge in [0.15, 0.2) is 0 Å². The minimum Gasteiger partial charge on any atom is -0.497 e. The Labute approximate surface area is 186 Å². The molecule has 164 valence electrons. The average Bonchev–Trinajstić information content (AvgIpc) is 3.00. The van der Waals surface area contributed by atoms with Crippen molar-refractivity contribution in [1.29, 1.82) is 0 Å². The van der Waals surface area contributed by atoms with Gasteiger partial charge in [-0.3, -0.25) is 9.59 Å². The van der Waals surface area contributed by atoms with Crippen LogP contribution in [0.15, 0.2) is 72.8 Å². The van der Waals surface area contributed by atoms with Gasteiger partial charge in [0, 0.05) is 25.2 Å². The molecule has 4 rings (SSSR count). The molecule has 1 saturated heterocycles. The lowest BCUT2D eigenvalue weighted by Gasteiger charge is -2.23. The van der Waals surface area contributed by atoms with Gasteiger partial charge in [0.2, 0.25) is 5.91 Å². The maximum Gasteiger partial charge on any atom is 0.254 e. The second kappa shape index (κ2) is 9.64. The highest BCUT2D eigenvalue weighted by atomic mass is 19.1. The Balaban J connectivity index is 1.53. The Bertz CT molecular complexity index is 1130. The van der Waals surface area contributed by atoms with E-state index in [0.717, 1.165) is 22.4 Å². The molecule has 1 heterocycles. The molecule has 5 nitrogen and oxygen atoms in total. The molecular formula is C26H25FN2O3. The summed E-state index contributed by atoms with van der Waals surface area (Å²) in [4.78, 5) is 27.2. The number of carbonyl (C=O) groups excluding carboxylic acids is 2. The van der Waals surface area contributed by atoms with E-state index in [1.807, 2.05) is 42.5 Å². The van der Waals surface area contributed by atoms with Crippen LogP contribution in [-0.2, 0) is 11.2 Å². The van der Waals surface area contributed by atoms with Crippen molar-refractivity contribution in [3.63, 3.8) is 0 Å². The number of halogens is 1. The second-order valence-electron chi connectivity index (χ2n) is 7.89. The Morgan fingerprint density at radius 1 is 1.06 bits per heavy atom. The number of nitrogens with one attached hydrogen (secondary N) is 1. The van der Waals surface area contributed by atoms with Crippen molar-refractivity contribution >= 4 is 11.8 Å². The van der Waals surface area contributed by atoms with Crippen LogP contribution in [0, 0.1) is 11.7 Å². The number of rotatable bonds is 5. The molecule has 1 fully saturated rings. The molecule has 0 spiro atoms. The Hall–Kier alpha value is -3.67. The van der Waals surface area contributed by atoms with Gasteiger partial charge < -0.3 is 15.0 Å². The van der Waals surface area contributed by atoms with Gasteiger partial charge in [-0.25, -0.2) is 4.39 Å². The number of hydrogen-bond donors (Lipinski definition) is 1. The lowest BCUT2D eigenvalue weighted by Crippen LogP contribution is -2.37. The summed E-state index contributed by atoms with van der Waals surface area (Å²) in [5, 5.41) is 2.90. The fourth-order valence-electron chi connectivity index (χ4n) is 4.01. The zero-order valence-electron chi connectivity index (χ0n) is 17.9. The van der Waals surface area contributed by atoms with Gasteiger partial charge in [0.1, 0.15) is 11.6 Å². The molecule has 1 aliphatic heterocycles. The van der Waals surface area contributed by atoms with Crippen molar-refractivity contribution < 1.29 is 18.7 Å². The van der Waals surface area contributed by atoms with Gasteiger partial charge in [-0.05, 0) is 53.4 Å². The average molecular weight is 432 g/mol. The quantitative estimate of drug-likeness (QED) is 0.665. The number of amides is 2. The minimum absolute atomic E-state index is 0.0775. The van der Waals surface area contributed by atoms with Crippen LogP contribution in [0.4, 0.5) is 4.39 Å². The van der Waals surface area contributed by atoms with E-state index >= 15 is 0 Å². The van der Waals surface area contributed by atoms with Gasteiger partial charge in [-0.15, -0.1) is 0 Å². The molecule has 2 amide bonds. The van der Waals surface area contributed by atoms with E-state index in [0.29, 0.717) is 19.5 Å². The summed E-state index contributed by atoms with van der Waals surface area (Å²) in [7, 11) is 1.64. The van der Waals surface area contributed by atoms with E-state index in [1.54, 1.807) is 18.1 Å². The van der Waals surface area contributed by atoms with E-state index in [2.05, 4.69) is 11.4 Å². The smallest absolute Gasteiger partial charge is 0.254 e. The van der Waals surface area contributed by atoms with Gasteiger partial charge in [-0.1, -0.05) is 42.5 Å². The molecule has 0 saturated carbocycles. The molecule has 3 aromatic carbocycles. The zero-order valence-corrected chi connectivity index (χ0v) is 17.9. The highest BCUT2D eigenvalue weighted by Gasteiger charge is 2.28. The molecule has 0 unspecified atom stereocenters. The van der Waals surface area contributed by atoms with Crippen molar-refractivity contribution in [2.75, 3.05) is 26.7 Å². The molecule has 32 heavy (non-hydrogen) atoms. The fourth-order valence-corrected chi connectivity index (χ4v) is 4.01. The normalized spacial score (nSPS) is 16.2. The largest absolute Gasteiger partial charge is 0.497 e. The lowest BCUT2D eigenvalue weighted by atomic mass is 9.95. The molecule has 1 N–H and O–H groups in total. The zero-order chi connectivity index (χ0) is 22.5. The molecule has 0 aliphatic carbocycles. The van der Waals surface area contributed by atoms with Crippen LogP contribution in [0.25, 0.3) is 11.1 Å². The van der Waals surface area contributed by atoms with Crippen molar-refractivity contribution in [1.82, 2.24) is 10.2 Å². The number of hydrogen-bond acceptors (Lipinski definition) is 3. The Morgan fingerprint density at radius 2 is 1.81 bits per heavy atom. The maximum absolute atomic E-state index is 13.6. The van der Waals surface area contributed by atoms with Crippen LogP contribution in [0.3, 0.4) is 0 Å². The van der Waals surface area contributed by atoms with Crippen LogP contribution >= 0.6 is 0 Å². The van der Waals surface area contributed by atoms with Crippen LogP contribution in [0.2, 0.25) is 0 Å². The van der Waals surface area contributed by atoms with E-state index in [9.17, 15) is 14.0 Å². The van der Waals surface area contributed by atoms with Gasteiger partial charge in [0.25, 0.3) is 5.91 Å². The summed E-state index contributed by atoms with van der Waals surface area (Å²) < 4.78 is 18.9. The first-order valence-corrected chi connectivity index (χ1v) is 10.6. The first-order chi connectivity index (χ1) is 15.5. The number of ether oxygens (including phenoxy) is 1. The highest BCUT2D eigenvalue weighted by molar-refractivity contribution is 5.95. The molecule has 1 aliphatic rings. The van der Waals surface area contributed by atoms with Crippen molar-refractivity contribution in [3.8, 4) is 16.9 Å². The number of methoxy groups -OCH3 is 1. The molecule has 1 atom stereocenters. The molecule has 3 aromatic rings. The summed E-state index contributed by atoms with van der Waals surface area (Å²) in [5.74, 6) is -0.411. The molecule has 0 radical (unpaired) electrons. The molecule has 0 bridgehead atoms. The summed E-state index contributed by atoms with van der Waals surface area (Å²) in [6, 6.07) is 21.5. The number of nitrogens with zero attached hydrogens (tertiary/aromatic N) is 1. The SMILES string of the molecule is COc1cccc(-c2cccc(C[C@H]3CN(C(=O)c4cccc(F)c4)CCNC3=O)c2)c1. The fraction of sp³-hybridized carbons (Fsp3) is 0.231. The topological polar surface area (TPSA) is 58.6 Å². The van der Waals surface area contributed by atoms with Crippen molar-refractivity contribution in [2.24, 2.45) is 5.92 Å². The van der Waals surface area contributed by atoms with E-state index in [1.165, 1.54) is 18.2 Å². The van der Waals surface area contributed by atoms with Crippen LogP contribution in [0.1, 0.15) is 15.9 Å². The predicted molar refractivity (Wildman–Crippen MR) is 121 cm³/mol. The van der Waals surface area contributed by atoms with Crippen molar-refractivity contribution in [2.45, 2.75) is 6.42 Å². The van der Waals surface area contributed by atoms with Gasteiger partial charge in [0.05, 0.1) is 13.0 Å². The summed E-state index contributed by atoms with van der Waals surface area (Å²) in [5.41, 5.74) is 3.35. The van der Waals surface area contributed by atoms with Crippen LogP contribution in [-0.4, -0.2) is 43.5 Å².